The molecule has 0 atom stereocenters. The molecule has 1 rings (SSSR count). The maximum absolute atomic E-state index is 11.5. The predicted octanol–water partition coefficient (Wildman–Crippen LogP) is 3.89. The molecule has 0 amide bonds. The summed E-state index contributed by atoms with van der Waals surface area (Å²) in [6, 6.07) is 7.37. The SMILES string of the molecule is CP(C)(=O)CCCCSc1ccccc1O. The van der Waals surface area contributed by atoms with Crippen molar-refractivity contribution in [1.29, 1.82) is 0 Å². The highest BCUT2D eigenvalue weighted by molar-refractivity contribution is 7.99. The molecular formula is C12H19O2PS. The molecular weight excluding hydrogens is 239 g/mol. The summed E-state index contributed by atoms with van der Waals surface area (Å²) in [5.41, 5.74) is 0. The number of thioether (sulfide) groups is 1. The van der Waals surface area contributed by atoms with Crippen molar-refractivity contribution in [3.05, 3.63) is 24.3 Å². The van der Waals surface area contributed by atoms with Crippen LogP contribution < -0.4 is 0 Å². The molecule has 0 aliphatic rings. The molecule has 1 N–H and O–H groups in total. The van der Waals surface area contributed by atoms with Gasteiger partial charge in [0.25, 0.3) is 0 Å². The van der Waals surface area contributed by atoms with Gasteiger partial charge in [-0.3, -0.25) is 0 Å². The van der Waals surface area contributed by atoms with Gasteiger partial charge in [-0.1, -0.05) is 12.1 Å². The number of aromatic hydroxyl groups is 1. The molecule has 0 saturated heterocycles. The van der Waals surface area contributed by atoms with Gasteiger partial charge in [0.2, 0.25) is 0 Å². The van der Waals surface area contributed by atoms with Crippen molar-refractivity contribution in [2.24, 2.45) is 0 Å². The number of phenolic OH excluding ortho intramolecular Hbond substituents is 1. The fourth-order valence-corrected chi connectivity index (χ4v) is 3.30. The van der Waals surface area contributed by atoms with Crippen molar-refractivity contribution < 1.29 is 9.67 Å². The van der Waals surface area contributed by atoms with E-state index in [2.05, 4.69) is 0 Å². The summed E-state index contributed by atoms with van der Waals surface area (Å²) >= 11 is 1.66. The topological polar surface area (TPSA) is 37.3 Å². The Morgan fingerprint density at radius 1 is 1.25 bits per heavy atom. The molecule has 0 aliphatic heterocycles. The fourth-order valence-electron chi connectivity index (χ4n) is 1.36. The molecule has 1 aromatic carbocycles. The molecule has 0 radical (unpaired) electrons. The second-order valence-electron chi connectivity index (χ2n) is 4.32. The minimum Gasteiger partial charge on any atom is -0.507 e. The molecule has 1 aromatic rings. The lowest BCUT2D eigenvalue weighted by Gasteiger charge is -2.06. The number of para-hydroxylation sites is 1. The van der Waals surface area contributed by atoms with Crippen LogP contribution in [0, 0.1) is 0 Å². The van der Waals surface area contributed by atoms with Crippen LogP contribution in [0.5, 0.6) is 5.75 Å². The van der Waals surface area contributed by atoms with Crippen molar-refractivity contribution in [1.82, 2.24) is 0 Å². The monoisotopic (exact) mass is 258 g/mol. The summed E-state index contributed by atoms with van der Waals surface area (Å²) in [6.07, 6.45) is 2.88. The third kappa shape index (κ3) is 5.62. The first-order valence-corrected chi connectivity index (χ1v) is 9.21. The summed E-state index contributed by atoms with van der Waals surface area (Å²) in [6.45, 7) is 3.67. The lowest BCUT2D eigenvalue weighted by Crippen LogP contribution is -1.88. The van der Waals surface area contributed by atoms with E-state index in [9.17, 15) is 9.67 Å². The minimum atomic E-state index is -1.85. The van der Waals surface area contributed by atoms with Gasteiger partial charge in [0.15, 0.2) is 0 Å². The van der Waals surface area contributed by atoms with Crippen molar-refractivity contribution in [3.63, 3.8) is 0 Å². The quantitative estimate of drug-likeness (QED) is 0.478. The van der Waals surface area contributed by atoms with Crippen LogP contribution in [0.3, 0.4) is 0 Å². The highest BCUT2D eigenvalue weighted by Gasteiger charge is 2.06. The maximum Gasteiger partial charge on any atom is 0.129 e. The van der Waals surface area contributed by atoms with E-state index < -0.39 is 7.14 Å². The average Bonchev–Trinajstić information content (AvgIpc) is 2.18. The highest BCUT2D eigenvalue weighted by atomic mass is 32.2. The molecule has 0 bridgehead atoms. The molecule has 0 aromatic heterocycles. The van der Waals surface area contributed by atoms with E-state index in [0.29, 0.717) is 5.75 Å². The summed E-state index contributed by atoms with van der Waals surface area (Å²) in [4.78, 5) is 0.929. The Balaban J connectivity index is 2.22. The van der Waals surface area contributed by atoms with Gasteiger partial charge in [-0.25, -0.2) is 0 Å². The third-order valence-corrected chi connectivity index (χ3v) is 4.76. The molecule has 16 heavy (non-hydrogen) atoms. The van der Waals surface area contributed by atoms with Gasteiger partial charge in [-0.05, 0) is 44.1 Å². The normalized spacial score (nSPS) is 11.6. The Morgan fingerprint density at radius 3 is 2.56 bits per heavy atom. The molecule has 0 heterocycles. The van der Waals surface area contributed by atoms with Crippen LogP contribution in [0.2, 0.25) is 0 Å². The van der Waals surface area contributed by atoms with Gasteiger partial charge in [-0.2, -0.15) is 0 Å². The van der Waals surface area contributed by atoms with E-state index in [-0.39, 0.29) is 0 Å². The Morgan fingerprint density at radius 2 is 1.94 bits per heavy atom. The van der Waals surface area contributed by atoms with Crippen molar-refractivity contribution in [3.8, 4) is 5.75 Å². The zero-order chi connectivity index (χ0) is 12.0. The number of unbranched alkanes of at least 4 members (excludes halogenated alkanes) is 1. The number of rotatable bonds is 6. The first kappa shape index (κ1) is 13.7. The summed E-state index contributed by atoms with van der Waals surface area (Å²) in [5.74, 6) is 1.32. The van der Waals surface area contributed by atoms with E-state index >= 15 is 0 Å². The van der Waals surface area contributed by atoms with E-state index in [4.69, 9.17) is 0 Å². The molecule has 2 nitrogen and oxygen atoms in total. The summed E-state index contributed by atoms with van der Waals surface area (Å²) in [7, 11) is -1.85. The Bertz CT molecular complexity index is 373. The molecule has 0 saturated carbocycles. The van der Waals surface area contributed by atoms with E-state index in [1.54, 1.807) is 17.8 Å². The van der Waals surface area contributed by atoms with Crippen LogP contribution in [0.25, 0.3) is 0 Å². The van der Waals surface area contributed by atoms with Crippen molar-refractivity contribution in [2.75, 3.05) is 25.2 Å². The number of hydrogen-bond donors (Lipinski definition) is 1. The van der Waals surface area contributed by atoms with Crippen LogP contribution in [0.15, 0.2) is 29.2 Å². The Labute approximate surface area is 102 Å². The van der Waals surface area contributed by atoms with Crippen molar-refractivity contribution in [2.45, 2.75) is 17.7 Å². The van der Waals surface area contributed by atoms with Crippen LogP contribution in [0.4, 0.5) is 0 Å². The second kappa shape index (κ2) is 6.36. The van der Waals surface area contributed by atoms with Crippen LogP contribution in [-0.4, -0.2) is 30.4 Å². The number of benzene rings is 1. The number of phenols is 1. The first-order valence-electron chi connectivity index (χ1n) is 5.44. The molecule has 90 valence electrons. The van der Waals surface area contributed by atoms with Crippen LogP contribution in [-0.2, 0) is 4.57 Å². The van der Waals surface area contributed by atoms with Crippen LogP contribution >= 0.6 is 18.9 Å². The minimum absolute atomic E-state index is 0.351. The Hall–Kier alpha value is -0.400. The van der Waals surface area contributed by atoms with Crippen molar-refractivity contribution >= 4 is 18.9 Å². The summed E-state index contributed by atoms with van der Waals surface area (Å²) in [5, 5.41) is 9.53. The van der Waals surface area contributed by atoms with Crippen LogP contribution in [0.1, 0.15) is 12.8 Å². The average molecular weight is 258 g/mol. The van der Waals surface area contributed by atoms with Gasteiger partial charge in [0.05, 0.1) is 7.14 Å². The lowest BCUT2D eigenvalue weighted by atomic mass is 10.3. The highest BCUT2D eigenvalue weighted by Crippen LogP contribution is 2.37. The predicted molar refractivity (Wildman–Crippen MR) is 72.4 cm³/mol. The third-order valence-electron chi connectivity index (χ3n) is 2.21. The van der Waals surface area contributed by atoms with Gasteiger partial charge in [0.1, 0.15) is 5.75 Å². The molecule has 4 heteroatoms. The van der Waals surface area contributed by atoms with E-state index in [0.717, 1.165) is 29.7 Å². The van der Waals surface area contributed by atoms with E-state index in [1.807, 2.05) is 31.5 Å². The lowest BCUT2D eigenvalue weighted by molar-refractivity contribution is 0.462. The van der Waals surface area contributed by atoms with Gasteiger partial charge in [-0.15, -0.1) is 11.8 Å². The van der Waals surface area contributed by atoms with Gasteiger partial charge in [0, 0.05) is 11.1 Å². The summed E-state index contributed by atoms with van der Waals surface area (Å²) < 4.78 is 11.5. The fraction of sp³-hybridized carbons (Fsp3) is 0.500. The zero-order valence-corrected chi connectivity index (χ0v) is 11.6. The molecule has 0 spiro atoms. The van der Waals surface area contributed by atoms with E-state index in [1.165, 1.54) is 0 Å². The number of hydrogen-bond acceptors (Lipinski definition) is 3. The van der Waals surface area contributed by atoms with Gasteiger partial charge >= 0.3 is 0 Å². The second-order valence-corrected chi connectivity index (χ2v) is 9.05. The standard InChI is InChI=1S/C12H19O2PS/c1-15(2,14)9-5-6-10-16-12-8-4-3-7-11(12)13/h3-4,7-8,13H,5-6,9-10H2,1-2H3. The first-order chi connectivity index (χ1) is 7.49. The zero-order valence-electron chi connectivity index (χ0n) is 9.85. The van der Waals surface area contributed by atoms with Gasteiger partial charge < -0.3 is 9.67 Å². The molecule has 0 fully saturated rings. The smallest absolute Gasteiger partial charge is 0.129 e. The largest absolute Gasteiger partial charge is 0.507 e. The maximum atomic E-state index is 11.5. The molecule has 0 aliphatic carbocycles. The molecule has 0 unspecified atom stereocenters. The Kier molecular flexibility index (Phi) is 5.43.